The Balaban J connectivity index is 0.00000128. The molecule has 1 aromatic rings. The predicted octanol–water partition coefficient (Wildman–Crippen LogP) is -2.04. The van der Waals surface area contributed by atoms with Crippen LogP contribution < -0.4 is 17.7 Å². The summed E-state index contributed by atoms with van der Waals surface area (Å²) in [5, 5.41) is 11.0. The normalized spacial score (nSPS) is 23.8. The van der Waals surface area contributed by atoms with E-state index in [0.29, 0.717) is 0 Å². The van der Waals surface area contributed by atoms with Crippen LogP contribution in [0.1, 0.15) is 17.9 Å². The Morgan fingerprint density at radius 1 is 1.38 bits per heavy atom. The number of carbonyl (C=O) groups is 1. The Bertz CT molecular complexity index is 369. The molecule has 0 spiro atoms. The van der Waals surface area contributed by atoms with E-state index in [1.807, 2.05) is 29.6 Å². The van der Waals surface area contributed by atoms with Gasteiger partial charge in [0.2, 0.25) is 0 Å². The highest BCUT2D eigenvalue weighted by Crippen LogP contribution is 2.25. The molecule has 3 nitrogen and oxygen atoms in total. The highest BCUT2D eigenvalue weighted by molar-refractivity contribution is 9.10. The summed E-state index contributed by atoms with van der Waals surface area (Å²) in [5.41, 5.74) is 1.12. The highest BCUT2D eigenvalue weighted by Gasteiger charge is 2.37. The molecule has 2 atom stereocenters. The van der Waals surface area contributed by atoms with Gasteiger partial charge in [0, 0.05) is 10.9 Å². The molecule has 5 heteroatoms. The second-order valence-electron chi connectivity index (χ2n) is 3.84. The highest BCUT2D eigenvalue weighted by atomic mass is 79.9. The monoisotopic (exact) mass is 305 g/mol. The molecule has 3 N–H and O–H groups in total. The van der Waals surface area contributed by atoms with Crippen LogP contribution in [-0.4, -0.2) is 23.7 Å². The first-order chi connectivity index (χ1) is 7.18. The number of quaternary nitrogens is 1. The van der Waals surface area contributed by atoms with Crippen molar-refractivity contribution in [3.8, 4) is 0 Å². The topological polar surface area (TPSA) is 53.9 Å². The molecule has 16 heavy (non-hydrogen) atoms. The molecule has 0 saturated carbocycles. The van der Waals surface area contributed by atoms with Crippen LogP contribution in [0, 0.1) is 0 Å². The summed E-state index contributed by atoms with van der Waals surface area (Å²) in [6.45, 7) is 0.900. The van der Waals surface area contributed by atoms with Crippen molar-refractivity contribution in [3.05, 3.63) is 34.3 Å². The van der Waals surface area contributed by atoms with Gasteiger partial charge in [-0.15, -0.1) is 0 Å². The summed E-state index contributed by atoms with van der Waals surface area (Å²) < 4.78 is 1.03. The average molecular weight is 307 g/mol. The summed E-state index contributed by atoms with van der Waals surface area (Å²) in [4.78, 5) is 11.0. The van der Waals surface area contributed by atoms with Gasteiger partial charge in [0.15, 0.2) is 6.04 Å². The standard InChI is InChI=1S/C11H12BrNO2.ClH/c12-8-3-1-7(2-4-8)9-5-6-13-10(9)11(14)15;/h1-4,9-10,13H,5-6H2,(H,14,15);1H/t9-,10-;/m1./s1. The van der Waals surface area contributed by atoms with Crippen LogP contribution in [0.2, 0.25) is 0 Å². The number of aliphatic carboxylic acids is 1. The Kier molecular flexibility index (Phi) is 4.77. The lowest BCUT2D eigenvalue weighted by Gasteiger charge is -2.12. The quantitative estimate of drug-likeness (QED) is 0.661. The number of hydrogen-bond donors (Lipinski definition) is 2. The summed E-state index contributed by atoms with van der Waals surface area (Å²) in [6, 6.07) is 7.62. The van der Waals surface area contributed by atoms with E-state index in [9.17, 15) is 4.79 Å². The lowest BCUT2D eigenvalue weighted by molar-refractivity contribution is -0.660. The molecule has 88 valence electrons. The molecule has 2 rings (SSSR count). The van der Waals surface area contributed by atoms with Gasteiger partial charge in [-0.25, -0.2) is 4.79 Å². The fourth-order valence-electron chi connectivity index (χ4n) is 2.16. The summed E-state index contributed by atoms with van der Waals surface area (Å²) >= 11 is 3.37. The maximum Gasteiger partial charge on any atom is 0.363 e. The van der Waals surface area contributed by atoms with Gasteiger partial charge in [-0.05, 0) is 17.7 Å². The van der Waals surface area contributed by atoms with Crippen molar-refractivity contribution < 1.29 is 27.6 Å². The molecule has 1 heterocycles. The van der Waals surface area contributed by atoms with Gasteiger partial charge in [-0.2, -0.15) is 0 Å². The second kappa shape index (κ2) is 5.66. The number of halogens is 2. The average Bonchev–Trinajstić information content (AvgIpc) is 2.67. The fourth-order valence-corrected chi connectivity index (χ4v) is 2.42. The lowest BCUT2D eigenvalue weighted by atomic mass is 9.92. The minimum atomic E-state index is -0.708. The van der Waals surface area contributed by atoms with E-state index < -0.39 is 5.97 Å². The Morgan fingerprint density at radius 2 is 2.00 bits per heavy atom. The van der Waals surface area contributed by atoms with Crippen LogP contribution >= 0.6 is 15.9 Å². The molecule has 0 aliphatic carbocycles. The van der Waals surface area contributed by atoms with Gasteiger partial charge < -0.3 is 22.8 Å². The van der Waals surface area contributed by atoms with Gasteiger partial charge in [0.1, 0.15) is 0 Å². The minimum Gasteiger partial charge on any atom is -1.00 e. The maximum absolute atomic E-state index is 11.0. The van der Waals surface area contributed by atoms with Crippen LogP contribution in [0.5, 0.6) is 0 Å². The predicted molar refractivity (Wildman–Crippen MR) is 59.7 cm³/mol. The lowest BCUT2D eigenvalue weighted by Crippen LogP contribution is -3.00. The van der Waals surface area contributed by atoms with Gasteiger partial charge in [-0.3, -0.25) is 0 Å². The summed E-state index contributed by atoms with van der Waals surface area (Å²) in [6.07, 6.45) is 0.943. The fraction of sp³-hybridized carbons (Fsp3) is 0.364. The van der Waals surface area contributed by atoms with Gasteiger partial charge >= 0.3 is 5.97 Å². The maximum atomic E-state index is 11.0. The number of carboxylic acids is 1. The molecule has 1 aliphatic rings. The summed E-state index contributed by atoms with van der Waals surface area (Å²) in [5.74, 6) is -0.559. The molecule has 1 aliphatic heterocycles. The zero-order valence-corrected chi connectivity index (χ0v) is 10.9. The minimum absolute atomic E-state index is 0. The van der Waals surface area contributed by atoms with Crippen molar-refractivity contribution in [2.75, 3.05) is 6.54 Å². The van der Waals surface area contributed by atoms with Gasteiger partial charge in [0.05, 0.1) is 12.5 Å². The first-order valence-electron chi connectivity index (χ1n) is 5.00. The van der Waals surface area contributed by atoms with Crippen molar-refractivity contribution >= 4 is 21.9 Å². The third-order valence-corrected chi connectivity index (χ3v) is 3.44. The first kappa shape index (κ1) is 13.5. The third kappa shape index (κ3) is 2.75. The van der Waals surface area contributed by atoms with Gasteiger partial charge in [0.25, 0.3) is 0 Å². The smallest absolute Gasteiger partial charge is 0.363 e. The molecule has 0 unspecified atom stereocenters. The molecule has 0 aromatic heterocycles. The number of hydrogen-bond acceptors (Lipinski definition) is 1. The Hall–Kier alpha value is -0.580. The SMILES string of the molecule is O=C(O)[C@@H]1[NH2+]CC[C@@H]1c1ccc(Br)cc1.[Cl-]. The molecule has 1 saturated heterocycles. The van der Waals surface area contributed by atoms with Crippen molar-refractivity contribution in [2.24, 2.45) is 0 Å². The molecule has 1 aromatic carbocycles. The third-order valence-electron chi connectivity index (χ3n) is 2.92. The van der Waals surface area contributed by atoms with Crippen molar-refractivity contribution in [2.45, 2.75) is 18.4 Å². The second-order valence-corrected chi connectivity index (χ2v) is 4.75. The molecular formula is C11H13BrClNO2. The molecule has 1 fully saturated rings. The molecule has 0 bridgehead atoms. The molecule has 0 amide bonds. The van der Waals surface area contributed by atoms with E-state index >= 15 is 0 Å². The molecular weight excluding hydrogens is 293 g/mol. The van der Waals surface area contributed by atoms with E-state index in [0.717, 1.165) is 23.0 Å². The van der Waals surface area contributed by atoms with Crippen LogP contribution in [0.3, 0.4) is 0 Å². The Morgan fingerprint density at radius 3 is 2.56 bits per heavy atom. The Labute approximate surface area is 109 Å². The van der Waals surface area contributed by atoms with E-state index in [4.69, 9.17) is 5.11 Å². The number of carboxylic acid groups (broad SMARTS) is 1. The van der Waals surface area contributed by atoms with E-state index in [1.165, 1.54) is 0 Å². The van der Waals surface area contributed by atoms with Crippen molar-refractivity contribution in [1.29, 1.82) is 0 Å². The van der Waals surface area contributed by atoms with Crippen molar-refractivity contribution in [1.82, 2.24) is 0 Å². The van der Waals surface area contributed by atoms with E-state index in [1.54, 1.807) is 0 Å². The summed E-state index contributed by atoms with van der Waals surface area (Å²) in [7, 11) is 0. The zero-order chi connectivity index (χ0) is 10.8. The van der Waals surface area contributed by atoms with Crippen LogP contribution in [0.4, 0.5) is 0 Å². The number of benzene rings is 1. The number of nitrogens with two attached hydrogens (primary N) is 1. The van der Waals surface area contributed by atoms with Crippen LogP contribution in [0.15, 0.2) is 28.7 Å². The molecule has 0 radical (unpaired) electrons. The van der Waals surface area contributed by atoms with Crippen molar-refractivity contribution in [3.63, 3.8) is 0 Å². The largest absolute Gasteiger partial charge is 1.00 e. The van der Waals surface area contributed by atoms with E-state index in [2.05, 4.69) is 15.9 Å². The first-order valence-corrected chi connectivity index (χ1v) is 5.79. The van der Waals surface area contributed by atoms with Crippen LogP contribution in [0.25, 0.3) is 0 Å². The van der Waals surface area contributed by atoms with Gasteiger partial charge in [-0.1, -0.05) is 28.1 Å². The van der Waals surface area contributed by atoms with Crippen LogP contribution in [-0.2, 0) is 4.79 Å². The van der Waals surface area contributed by atoms with E-state index in [-0.39, 0.29) is 24.4 Å². The number of rotatable bonds is 2. The zero-order valence-electron chi connectivity index (χ0n) is 8.57.